The van der Waals surface area contributed by atoms with Crippen LogP contribution in [-0.2, 0) is 6.54 Å². The van der Waals surface area contributed by atoms with Crippen LogP contribution in [0.15, 0.2) is 60.8 Å². The molecule has 6 nitrogen and oxygen atoms in total. The molecule has 164 valence electrons. The van der Waals surface area contributed by atoms with Gasteiger partial charge in [0.2, 0.25) is 0 Å². The molecule has 1 N–H and O–H groups in total. The first-order valence-corrected chi connectivity index (χ1v) is 10.5. The number of carbonyl (C=O) groups is 1. The average molecular weight is 460 g/mol. The molecule has 0 bridgehead atoms. The second-order valence-corrected chi connectivity index (χ2v) is 7.84. The van der Waals surface area contributed by atoms with E-state index in [4.69, 9.17) is 16.9 Å². The molecule has 0 saturated carbocycles. The Hall–Kier alpha value is -4.02. The van der Waals surface area contributed by atoms with Crippen molar-refractivity contribution in [2.24, 2.45) is 0 Å². The molecule has 0 aliphatic carbocycles. The average Bonchev–Trinajstić information content (AvgIpc) is 3.12. The molecule has 0 radical (unpaired) electrons. The number of nitrogens with zero attached hydrogens (tertiary/aromatic N) is 4. The van der Waals surface area contributed by atoms with Gasteiger partial charge in [0.15, 0.2) is 0 Å². The lowest BCUT2D eigenvalue weighted by Crippen LogP contribution is -2.24. The van der Waals surface area contributed by atoms with Gasteiger partial charge in [0.1, 0.15) is 17.6 Å². The Balaban J connectivity index is 1.59. The van der Waals surface area contributed by atoms with Gasteiger partial charge in [-0.1, -0.05) is 29.8 Å². The first-order chi connectivity index (χ1) is 15.9. The number of hydrogen-bond acceptors (Lipinski definition) is 4. The van der Waals surface area contributed by atoms with Crippen molar-refractivity contribution in [3.05, 3.63) is 99.8 Å². The molecule has 0 aliphatic rings. The van der Waals surface area contributed by atoms with Crippen LogP contribution in [0.1, 0.15) is 33.0 Å². The molecule has 4 rings (SSSR count). The molecule has 0 aliphatic heterocycles. The number of aryl methyl sites for hydroxylation is 1. The van der Waals surface area contributed by atoms with E-state index in [0.29, 0.717) is 27.4 Å². The topological polar surface area (TPSA) is 83.6 Å². The van der Waals surface area contributed by atoms with E-state index in [1.807, 2.05) is 19.9 Å². The fraction of sp³-hybridized carbons (Fsp3) is 0.120. The largest absolute Gasteiger partial charge is 0.347 e. The molecule has 0 fully saturated rings. The van der Waals surface area contributed by atoms with Crippen molar-refractivity contribution in [1.29, 1.82) is 5.26 Å². The maximum atomic E-state index is 14.9. The van der Waals surface area contributed by atoms with Gasteiger partial charge >= 0.3 is 0 Å². The number of halogens is 2. The van der Waals surface area contributed by atoms with Gasteiger partial charge in [0.05, 0.1) is 22.0 Å². The fourth-order valence-electron chi connectivity index (χ4n) is 3.65. The zero-order valence-electron chi connectivity index (χ0n) is 17.9. The van der Waals surface area contributed by atoms with Gasteiger partial charge in [-0.2, -0.15) is 10.4 Å². The van der Waals surface area contributed by atoms with E-state index in [1.54, 1.807) is 53.2 Å². The molecule has 0 saturated heterocycles. The molecule has 0 unspecified atom stereocenters. The minimum Gasteiger partial charge on any atom is -0.347 e. The standard InChI is InChI=1S/C25H19ClFN5O/c1-15-24(16(2)32(31-15)20-9-8-18(13-28)21(26)12-20)17-6-7-19(22(27)11-17)14-30-25(33)23-5-3-4-10-29-23/h3-12H,14H2,1-2H3,(H,30,33). The molecule has 2 aromatic heterocycles. The third-order valence-electron chi connectivity index (χ3n) is 5.29. The number of nitrogens with one attached hydrogen (secondary N) is 1. The quantitative estimate of drug-likeness (QED) is 0.447. The van der Waals surface area contributed by atoms with Crippen molar-refractivity contribution in [2.75, 3.05) is 0 Å². The number of aromatic nitrogens is 3. The van der Waals surface area contributed by atoms with Gasteiger partial charge in [-0.25, -0.2) is 9.07 Å². The Labute approximate surface area is 195 Å². The Kier molecular flexibility index (Phi) is 6.20. The van der Waals surface area contributed by atoms with Gasteiger partial charge in [-0.15, -0.1) is 0 Å². The van der Waals surface area contributed by atoms with E-state index in [1.165, 1.54) is 12.3 Å². The van der Waals surface area contributed by atoms with Crippen LogP contribution in [0.4, 0.5) is 4.39 Å². The zero-order valence-corrected chi connectivity index (χ0v) is 18.7. The zero-order chi connectivity index (χ0) is 23.5. The number of hydrogen-bond donors (Lipinski definition) is 1. The number of rotatable bonds is 5. The summed E-state index contributed by atoms with van der Waals surface area (Å²) in [6, 6.07) is 17.0. The van der Waals surface area contributed by atoms with Crippen molar-refractivity contribution in [2.45, 2.75) is 20.4 Å². The number of benzene rings is 2. The molecule has 2 heterocycles. The Morgan fingerprint density at radius 3 is 2.67 bits per heavy atom. The highest BCUT2D eigenvalue weighted by Gasteiger charge is 2.17. The molecule has 0 atom stereocenters. The van der Waals surface area contributed by atoms with Gasteiger partial charge in [-0.3, -0.25) is 9.78 Å². The van der Waals surface area contributed by atoms with Crippen molar-refractivity contribution in [1.82, 2.24) is 20.1 Å². The van der Waals surface area contributed by atoms with Gasteiger partial charge < -0.3 is 5.32 Å². The molecular formula is C25H19ClFN5O. The highest BCUT2D eigenvalue weighted by molar-refractivity contribution is 6.31. The van der Waals surface area contributed by atoms with E-state index < -0.39 is 5.82 Å². The Bertz CT molecular complexity index is 1390. The second-order valence-electron chi connectivity index (χ2n) is 7.44. The maximum absolute atomic E-state index is 14.9. The Morgan fingerprint density at radius 1 is 1.18 bits per heavy atom. The molecular weight excluding hydrogens is 441 g/mol. The molecule has 33 heavy (non-hydrogen) atoms. The van der Waals surface area contributed by atoms with E-state index in [-0.39, 0.29) is 18.1 Å². The van der Waals surface area contributed by atoms with Crippen LogP contribution in [0.25, 0.3) is 16.8 Å². The summed E-state index contributed by atoms with van der Waals surface area (Å²) in [5.41, 5.74) is 4.75. The fourth-order valence-corrected chi connectivity index (χ4v) is 3.86. The van der Waals surface area contributed by atoms with Crippen LogP contribution in [0.2, 0.25) is 5.02 Å². The lowest BCUT2D eigenvalue weighted by Gasteiger charge is -2.09. The predicted molar refractivity (Wildman–Crippen MR) is 124 cm³/mol. The first kappa shape index (κ1) is 22.2. The monoisotopic (exact) mass is 459 g/mol. The maximum Gasteiger partial charge on any atom is 0.270 e. The number of nitriles is 1. The Morgan fingerprint density at radius 2 is 2.00 bits per heavy atom. The summed E-state index contributed by atoms with van der Waals surface area (Å²) in [5.74, 6) is -0.796. The summed E-state index contributed by atoms with van der Waals surface area (Å²) < 4.78 is 16.6. The van der Waals surface area contributed by atoms with Gasteiger partial charge in [-0.05, 0) is 55.8 Å². The smallest absolute Gasteiger partial charge is 0.270 e. The number of amides is 1. The molecule has 2 aromatic carbocycles. The van der Waals surface area contributed by atoms with Crippen molar-refractivity contribution in [3.63, 3.8) is 0 Å². The van der Waals surface area contributed by atoms with Gasteiger partial charge in [0, 0.05) is 29.6 Å². The highest BCUT2D eigenvalue weighted by atomic mass is 35.5. The SMILES string of the molecule is Cc1nn(-c2ccc(C#N)c(Cl)c2)c(C)c1-c1ccc(CNC(=O)c2ccccn2)c(F)c1. The van der Waals surface area contributed by atoms with Crippen LogP contribution in [0.3, 0.4) is 0 Å². The van der Waals surface area contributed by atoms with Crippen LogP contribution in [-0.4, -0.2) is 20.7 Å². The highest BCUT2D eigenvalue weighted by Crippen LogP contribution is 2.31. The molecule has 8 heteroatoms. The van der Waals surface area contributed by atoms with E-state index in [0.717, 1.165) is 17.0 Å². The molecule has 0 spiro atoms. The van der Waals surface area contributed by atoms with Crippen molar-refractivity contribution < 1.29 is 9.18 Å². The van der Waals surface area contributed by atoms with E-state index >= 15 is 0 Å². The predicted octanol–water partition coefficient (Wildman–Crippen LogP) is 5.15. The van der Waals surface area contributed by atoms with Crippen LogP contribution < -0.4 is 5.32 Å². The third-order valence-corrected chi connectivity index (χ3v) is 5.60. The van der Waals surface area contributed by atoms with Crippen LogP contribution in [0.5, 0.6) is 0 Å². The number of carbonyl (C=O) groups excluding carboxylic acids is 1. The van der Waals surface area contributed by atoms with Crippen molar-refractivity contribution >= 4 is 17.5 Å². The van der Waals surface area contributed by atoms with E-state index in [9.17, 15) is 9.18 Å². The van der Waals surface area contributed by atoms with Gasteiger partial charge in [0.25, 0.3) is 5.91 Å². The summed E-state index contributed by atoms with van der Waals surface area (Å²) in [5, 5.41) is 16.7. The van der Waals surface area contributed by atoms with Crippen molar-refractivity contribution in [3.8, 4) is 22.9 Å². The summed E-state index contributed by atoms with van der Waals surface area (Å²) in [7, 11) is 0. The second kappa shape index (κ2) is 9.23. The summed E-state index contributed by atoms with van der Waals surface area (Å²) in [6.07, 6.45) is 1.53. The minimum absolute atomic E-state index is 0.0441. The van der Waals surface area contributed by atoms with Crippen LogP contribution >= 0.6 is 11.6 Å². The summed E-state index contributed by atoms with van der Waals surface area (Å²) in [4.78, 5) is 16.2. The van der Waals surface area contributed by atoms with Crippen LogP contribution in [0, 0.1) is 31.0 Å². The first-order valence-electron chi connectivity index (χ1n) is 10.1. The third kappa shape index (κ3) is 4.47. The molecule has 1 amide bonds. The van der Waals surface area contributed by atoms with E-state index in [2.05, 4.69) is 15.4 Å². The normalized spacial score (nSPS) is 10.6. The minimum atomic E-state index is -0.429. The number of pyridine rings is 1. The summed E-state index contributed by atoms with van der Waals surface area (Å²) in [6.45, 7) is 3.78. The lowest BCUT2D eigenvalue weighted by atomic mass is 10.0. The lowest BCUT2D eigenvalue weighted by molar-refractivity contribution is 0.0945. The molecule has 4 aromatic rings. The summed E-state index contributed by atoms with van der Waals surface area (Å²) >= 11 is 6.18.